The number of sulfonamides is 1. The Morgan fingerprint density at radius 1 is 1.56 bits per heavy atom. The lowest BCUT2D eigenvalue weighted by Crippen LogP contribution is -2.30. The Labute approximate surface area is 104 Å². The molecule has 0 radical (unpaired) electrons. The highest BCUT2D eigenvalue weighted by Crippen LogP contribution is 2.13. The SMILES string of the molecule is CC(C)CC(Br)CNS(=O)(=O)c1cn[nH]c1. The monoisotopic (exact) mass is 309 g/mol. The molecule has 0 saturated heterocycles. The van der Waals surface area contributed by atoms with Crippen molar-refractivity contribution in [2.75, 3.05) is 6.54 Å². The Morgan fingerprint density at radius 3 is 2.75 bits per heavy atom. The first kappa shape index (κ1) is 13.7. The Bertz CT molecular complexity index is 402. The molecule has 1 unspecified atom stereocenters. The van der Waals surface area contributed by atoms with Gasteiger partial charge in [0.2, 0.25) is 10.0 Å². The number of H-pyrrole nitrogens is 1. The molecule has 0 aliphatic carbocycles. The first-order chi connectivity index (χ1) is 7.42. The van der Waals surface area contributed by atoms with Crippen LogP contribution >= 0.6 is 15.9 Å². The molecular formula is C9H16BrN3O2S. The Hall–Kier alpha value is -0.400. The summed E-state index contributed by atoms with van der Waals surface area (Å²) in [6.07, 6.45) is 3.57. The second-order valence-corrected chi connectivity index (χ2v) is 7.07. The fourth-order valence-corrected chi connectivity index (χ4v) is 3.37. The van der Waals surface area contributed by atoms with E-state index >= 15 is 0 Å². The van der Waals surface area contributed by atoms with Crippen LogP contribution in [0.5, 0.6) is 0 Å². The molecule has 0 fully saturated rings. The van der Waals surface area contributed by atoms with Gasteiger partial charge in [-0.2, -0.15) is 5.10 Å². The van der Waals surface area contributed by atoms with Gasteiger partial charge in [-0.3, -0.25) is 5.10 Å². The molecule has 1 heterocycles. The summed E-state index contributed by atoms with van der Waals surface area (Å²) >= 11 is 3.44. The van der Waals surface area contributed by atoms with Crippen LogP contribution in [0.3, 0.4) is 0 Å². The number of nitrogens with one attached hydrogen (secondary N) is 2. The van der Waals surface area contributed by atoms with Crippen LogP contribution in [-0.2, 0) is 10.0 Å². The van der Waals surface area contributed by atoms with Gasteiger partial charge < -0.3 is 0 Å². The maximum atomic E-state index is 11.7. The van der Waals surface area contributed by atoms with E-state index < -0.39 is 10.0 Å². The fraction of sp³-hybridized carbons (Fsp3) is 0.667. The van der Waals surface area contributed by atoms with Gasteiger partial charge in [-0.1, -0.05) is 29.8 Å². The van der Waals surface area contributed by atoms with Crippen molar-refractivity contribution in [3.05, 3.63) is 12.4 Å². The van der Waals surface area contributed by atoms with Crippen molar-refractivity contribution in [2.45, 2.75) is 30.0 Å². The van der Waals surface area contributed by atoms with Crippen LogP contribution in [0, 0.1) is 5.92 Å². The minimum absolute atomic E-state index is 0.147. The molecular weight excluding hydrogens is 294 g/mol. The van der Waals surface area contributed by atoms with Crippen molar-refractivity contribution < 1.29 is 8.42 Å². The van der Waals surface area contributed by atoms with E-state index in [0.29, 0.717) is 12.5 Å². The van der Waals surface area contributed by atoms with Gasteiger partial charge in [-0.05, 0) is 12.3 Å². The van der Waals surface area contributed by atoms with Gasteiger partial charge in [-0.25, -0.2) is 13.1 Å². The molecule has 0 bridgehead atoms. The number of alkyl halides is 1. The van der Waals surface area contributed by atoms with Crippen molar-refractivity contribution >= 4 is 26.0 Å². The van der Waals surface area contributed by atoms with Gasteiger partial charge in [0.05, 0.1) is 6.20 Å². The zero-order valence-corrected chi connectivity index (χ0v) is 11.7. The van der Waals surface area contributed by atoms with E-state index in [-0.39, 0.29) is 9.72 Å². The van der Waals surface area contributed by atoms with E-state index in [1.54, 1.807) is 0 Å². The Balaban J connectivity index is 2.49. The third kappa shape index (κ3) is 4.23. The third-order valence-corrected chi connectivity index (χ3v) is 4.09. The summed E-state index contributed by atoms with van der Waals surface area (Å²) in [6, 6.07) is 0. The molecule has 2 N–H and O–H groups in total. The molecule has 1 rings (SSSR count). The van der Waals surface area contributed by atoms with Crippen LogP contribution in [0.4, 0.5) is 0 Å². The first-order valence-electron chi connectivity index (χ1n) is 5.04. The van der Waals surface area contributed by atoms with Gasteiger partial charge in [0.1, 0.15) is 4.90 Å². The molecule has 7 heteroatoms. The lowest BCUT2D eigenvalue weighted by atomic mass is 10.1. The molecule has 1 atom stereocenters. The van der Waals surface area contributed by atoms with Crippen molar-refractivity contribution in [1.29, 1.82) is 0 Å². The standard InChI is InChI=1S/C9H16BrN3O2S/c1-7(2)3-8(10)4-13-16(14,15)9-5-11-12-6-9/h5-8,13H,3-4H2,1-2H3,(H,11,12). The number of aromatic nitrogens is 2. The highest BCUT2D eigenvalue weighted by molar-refractivity contribution is 9.09. The van der Waals surface area contributed by atoms with Crippen LogP contribution in [-0.4, -0.2) is 30.0 Å². The highest BCUT2D eigenvalue weighted by Gasteiger charge is 2.16. The normalized spacial score (nSPS) is 14.2. The smallest absolute Gasteiger partial charge is 0.243 e. The van der Waals surface area contributed by atoms with Crippen molar-refractivity contribution in [2.24, 2.45) is 5.92 Å². The van der Waals surface area contributed by atoms with Crippen LogP contribution in [0.2, 0.25) is 0 Å². The summed E-state index contributed by atoms with van der Waals surface area (Å²) in [6.45, 7) is 4.57. The second-order valence-electron chi connectivity index (χ2n) is 4.01. The lowest BCUT2D eigenvalue weighted by molar-refractivity contribution is 0.551. The first-order valence-corrected chi connectivity index (χ1v) is 7.44. The predicted octanol–water partition coefficient (Wildman–Crippen LogP) is 1.50. The van der Waals surface area contributed by atoms with E-state index in [1.165, 1.54) is 12.4 Å². The zero-order valence-electron chi connectivity index (χ0n) is 9.27. The van der Waals surface area contributed by atoms with Gasteiger partial charge >= 0.3 is 0 Å². The summed E-state index contributed by atoms with van der Waals surface area (Å²) < 4.78 is 25.9. The molecule has 0 aliphatic rings. The number of halogens is 1. The van der Waals surface area contributed by atoms with Crippen LogP contribution < -0.4 is 4.72 Å². The maximum absolute atomic E-state index is 11.7. The van der Waals surface area contributed by atoms with E-state index in [2.05, 4.69) is 44.7 Å². The third-order valence-electron chi connectivity index (χ3n) is 2.01. The highest BCUT2D eigenvalue weighted by atomic mass is 79.9. The molecule has 0 aromatic carbocycles. The molecule has 92 valence electrons. The molecule has 0 saturated carbocycles. The van der Waals surface area contributed by atoms with E-state index in [0.717, 1.165) is 6.42 Å². The molecule has 5 nitrogen and oxygen atoms in total. The van der Waals surface area contributed by atoms with Crippen LogP contribution in [0.1, 0.15) is 20.3 Å². The fourth-order valence-electron chi connectivity index (χ4n) is 1.26. The van der Waals surface area contributed by atoms with E-state index in [9.17, 15) is 8.42 Å². The van der Waals surface area contributed by atoms with Crippen LogP contribution in [0.15, 0.2) is 17.3 Å². The Kier molecular flexibility index (Phi) is 4.94. The number of nitrogens with zero attached hydrogens (tertiary/aromatic N) is 1. The number of aromatic amines is 1. The number of rotatable bonds is 6. The maximum Gasteiger partial charge on any atom is 0.243 e. The molecule has 1 aromatic rings. The number of hydrogen-bond donors (Lipinski definition) is 2. The summed E-state index contributed by atoms with van der Waals surface area (Å²) in [5.41, 5.74) is 0. The van der Waals surface area contributed by atoms with Gasteiger partial charge in [-0.15, -0.1) is 0 Å². The van der Waals surface area contributed by atoms with Crippen molar-refractivity contribution in [3.63, 3.8) is 0 Å². The van der Waals surface area contributed by atoms with Gasteiger partial charge in [0.25, 0.3) is 0 Å². The quantitative estimate of drug-likeness (QED) is 0.782. The molecule has 0 spiro atoms. The van der Waals surface area contributed by atoms with Crippen molar-refractivity contribution in [3.8, 4) is 0 Å². The molecule has 0 aliphatic heterocycles. The van der Waals surface area contributed by atoms with Crippen molar-refractivity contribution in [1.82, 2.24) is 14.9 Å². The second kappa shape index (κ2) is 5.79. The average Bonchev–Trinajstić information content (AvgIpc) is 2.67. The minimum atomic E-state index is -3.42. The van der Waals surface area contributed by atoms with Gasteiger partial charge in [0.15, 0.2) is 0 Å². The largest absolute Gasteiger partial charge is 0.284 e. The lowest BCUT2D eigenvalue weighted by Gasteiger charge is -2.12. The summed E-state index contributed by atoms with van der Waals surface area (Å²) in [4.78, 5) is 0.311. The minimum Gasteiger partial charge on any atom is -0.284 e. The van der Waals surface area contributed by atoms with E-state index in [4.69, 9.17) is 0 Å². The molecule has 16 heavy (non-hydrogen) atoms. The zero-order chi connectivity index (χ0) is 12.2. The Morgan fingerprint density at radius 2 is 2.25 bits per heavy atom. The molecule has 0 amide bonds. The summed E-state index contributed by atoms with van der Waals surface area (Å²) in [5, 5.41) is 6.08. The number of hydrogen-bond acceptors (Lipinski definition) is 3. The van der Waals surface area contributed by atoms with Crippen LogP contribution in [0.25, 0.3) is 0 Å². The topological polar surface area (TPSA) is 74.8 Å². The summed E-state index contributed by atoms with van der Waals surface area (Å²) in [7, 11) is -3.42. The predicted molar refractivity (Wildman–Crippen MR) is 65.9 cm³/mol. The summed E-state index contributed by atoms with van der Waals surface area (Å²) in [5.74, 6) is 0.530. The van der Waals surface area contributed by atoms with Gasteiger partial charge in [0, 0.05) is 17.6 Å². The average molecular weight is 310 g/mol. The molecule has 1 aromatic heterocycles. The van der Waals surface area contributed by atoms with E-state index in [1.807, 2.05) is 0 Å².